The molecule has 0 rings (SSSR count). The van der Waals surface area contributed by atoms with Crippen LogP contribution >= 0.6 is 0 Å². The van der Waals surface area contributed by atoms with Gasteiger partial charge in [-0.05, 0) is 0 Å². The van der Waals surface area contributed by atoms with Crippen molar-refractivity contribution < 1.29 is 35.5 Å². The van der Waals surface area contributed by atoms with Gasteiger partial charge in [-0.1, -0.05) is 0 Å². The molecule has 1 nitrogen and oxygen atoms in total. The fourth-order valence-corrected chi connectivity index (χ4v) is 0.0758. The Balaban J connectivity index is -0.000000202. The van der Waals surface area contributed by atoms with Crippen molar-refractivity contribution >= 4 is 0 Å². The summed E-state index contributed by atoms with van der Waals surface area (Å²) in [5.41, 5.74) is 0. The van der Waals surface area contributed by atoms with Crippen molar-refractivity contribution in [2.24, 2.45) is 0 Å². The molecule has 0 atom stereocenters. The number of alkyl halides is 7. The van der Waals surface area contributed by atoms with Crippen molar-refractivity contribution in [3.63, 3.8) is 0 Å². The molecule has 15 heavy (non-hydrogen) atoms. The van der Waals surface area contributed by atoms with Crippen LogP contribution in [0, 0.1) is 0 Å². The van der Waals surface area contributed by atoms with Crippen LogP contribution in [0.1, 0.15) is 0 Å². The first kappa shape index (κ1) is 19.7. The van der Waals surface area contributed by atoms with Gasteiger partial charge in [-0.25, -0.2) is 8.78 Å². The van der Waals surface area contributed by atoms with E-state index in [9.17, 15) is 30.7 Å². The zero-order valence-corrected chi connectivity index (χ0v) is 7.88. The van der Waals surface area contributed by atoms with E-state index < -0.39 is 25.6 Å². The van der Waals surface area contributed by atoms with Gasteiger partial charge in [0.2, 0.25) is 0 Å². The Labute approximate surface area is 82.5 Å². The molecule has 0 amide bonds. The maximum Gasteiger partial charge on any atom is 0.456 e. The van der Waals surface area contributed by atoms with Crippen LogP contribution in [-0.4, -0.2) is 32.7 Å². The van der Waals surface area contributed by atoms with E-state index in [0.29, 0.717) is 0 Å². The molecule has 0 bridgehead atoms. The number of ether oxygens (including phenoxy) is 1. The number of rotatable bonds is 2. The molecule has 0 fully saturated rings. The van der Waals surface area contributed by atoms with E-state index in [0.717, 1.165) is 0 Å². The summed E-state index contributed by atoms with van der Waals surface area (Å²) >= 11 is 0. The van der Waals surface area contributed by atoms with Crippen molar-refractivity contribution in [2.45, 2.75) is 12.1 Å². The van der Waals surface area contributed by atoms with E-state index in [1.165, 1.54) is 7.11 Å². The number of halogens is 7. The lowest BCUT2D eigenvalue weighted by molar-refractivity contribution is -0.286. The van der Waals surface area contributed by atoms with Gasteiger partial charge in [0, 0.05) is 7.11 Å². The molecular weight excluding hydrogens is 233 g/mol. The highest BCUT2D eigenvalue weighted by Gasteiger charge is 2.57. The highest BCUT2D eigenvalue weighted by atomic mass is 19.4. The van der Waals surface area contributed by atoms with E-state index in [1.54, 1.807) is 0 Å². The SMILES string of the molecule is C=C.COCF.FCC(F)(F)C(F)(F)F. The minimum atomic E-state index is -5.76. The lowest BCUT2D eigenvalue weighted by atomic mass is 10.4. The van der Waals surface area contributed by atoms with E-state index >= 15 is 0 Å². The fourth-order valence-electron chi connectivity index (χ4n) is 0.0758. The molecule has 0 aromatic heterocycles. The molecule has 0 N–H and O–H groups in total. The molecule has 0 aliphatic carbocycles. The molecule has 0 aliphatic rings. The summed E-state index contributed by atoms with van der Waals surface area (Å²) in [5, 5.41) is 0. The molecule has 0 aliphatic heterocycles. The van der Waals surface area contributed by atoms with Crippen molar-refractivity contribution in [3.8, 4) is 0 Å². The fraction of sp³-hybridized carbons (Fsp3) is 0.714. The first-order valence-electron chi connectivity index (χ1n) is 3.28. The van der Waals surface area contributed by atoms with Gasteiger partial charge in [-0.15, -0.1) is 13.2 Å². The Morgan fingerprint density at radius 2 is 1.27 bits per heavy atom. The molecular formula is C7H11F7O. The number of hydrogen-bond donors (Lipinski definition) is 0. The molecule has 8 heteroatoms. The maximum atomic E-state index is 11.2. The molecule has 0 radical (unpaired) electrons. The smallest absolute Gasteiger partial charge is 0.354 e. The minimum Gasteiger partial charge on any atom is -0.354 e. The third-order valence-electron chi connectivity index (χ3n) is 0.692. The molecule has 0 spiro atoms. The van der Waals surface area contributed by atoms with Crippen molar-refractivity contribution in [3.05, 3.63) is 13.2 Å². The molecule has 0 aromatic rings. The molecule has 0 saturated heterocycles. The molecule has 0 unspecified atom stereocenters. The predicted octanol–water partition coefficient (Wildman–Crippen LogP) is 3.52. The van der Waals surface area contributed by atoms with Gasteiger partial charge in [0.1, 0.15) is 0 Å². The normalized spacial score (nSPS) is 10.7. The zero-order chi connectivity index (χ0) is 13.1. The van der Waals surface area contributed by atoms with E-state index in [2.05, 4.69) is 17.9 Å². The summed E-state index contributed by atoms with van der Waals surface area (Å²) in [6, 6.07) is 0. The van der Waals surface area contributed by atoms with Gasteiger partial charge in [0.05, 0.1) is 0 Å². The number of methoxy groups -OCH3 is 1. The lowest BCUT2D eigenvalue weighted by Gasteiger charge is -2.14. The monoisotopic (exact) mass is 244 g/mol. The van der Waals surface area contributed by atoms with Gasteiger partial charge < -0.3 is 4.74 Å². The van der Waals surface area contributed by atoms with E-state index in [4.69, 9.17) is 0 Å². The van der Waals surface area contributed by atoms with Crippen molar-refractivity contribution in [1.29, 1.82) is 0 Å². The number of hydrogen-bond acceptors (Lipinski definition) is 1. The lowest BCUT2D eigenvalue weighted by Crippen LogP contribution is -2.38. The summed E-state index contributed by atoms with van der Waals surface area (Å²) in [4.78, 5) is 0. The summed E-state index contributed by atoms with van der Waals surface area (Å²) in [6.07, 6.45) is -5.76. The summed E-state index contributed by atoms with van der Waals surface area (Å²) in [7, 11) is 1.31. The first-order valence-corrected chi connectivity index (χ1v) is 3.28. The van der Waals surface area contributed by atoms with Gasteiger partial charge in [-0.3, -0.25) is 0 Å². The Hall–Kier alpha value is -0.790. The Morgan fingerprint density at radius 1 is 1.00 bits per heavy atom. The quantitative estimate of drug-likeness (QED) is 0.533. The standard InChI is InChI=1S/C3H2F6.C2H5FO.C2H4/c4-1-2(5,6)3(7,8)9;1-4-2-3;1-2/h1H2;2H2,1H3;1-2H2. The van der Waals surface area contributed by atoms with Crippen LogP contribution in [-0.2, 0) is 4.74 Å². The van der Waals surface area contributed by atoms with Crippen LogP contribution in [0.5, 0.6) is 0 Å². The van der Waals surface area contributed by atoms with Crippen LogP contribution in [0.2, 0.25) is 0 Å². The van der Waals surface area contributed by atoms with Gasteiger partial charge >= 0.3 is 12.1 Å². The maximum absolute atomic E-state index is 11.2. The van der Waals surface area contributed by atoms with Crippen molar-refractivity contribution in [2.75, 3.05) is 20.6 Å². The topological polar surface area (TPSA) is 9.23 Å². The van der Waals surface area contributed by atoms with Gasteiger partial charge in [0.15, 0.2) is 13.5 Å². The van der Waals surface area contributed by atoms with Gasteiger partial charge in [0.25, 0.3) is 0 Å². The molecule has 0 aromatic carbocycles. The van der Waals surface area contributed by atoms with E-state index in [1.807, 2.05) is 0 Å². The van der Waals surface area contributed by atoms with Crippen LogP contribution in [0.15, 0.2) is 13.2 Å². The minimum absolute atomic E-state index is 0.681. The Bertz CT molecular complexity index is 132. The van der Waals surface area contributed by atoms with Crippen molar-refractivity contribution in [1.82, 2.24) is 0 Å². The third kappa shape index (κ3) is 11.1. The van der Waals surface area contributed by atoms with Crippen LogP contribution in [0.25, 0.3) is 0 Å². The zero-order valence-electron chi connectivity index (χ0n) is 7.88. The average Bonchev–Trinajstić information content (AvgIpc) is 2.19. The average molecular weight is 244 g/mol. The highest BCUT2D eigenvalue weighted by molar-refractivity contribution is 4.73. The van der Waals surface area contributed by atoms with Gasteiger partial charge in [-0.2, -0.15) is 22.0 Å². The van der Waals surface area contributed by atoms with Crippen LogP contribution < -0.4 is 0 Å². The second-order valence-electron chi connectivity index (χ2n) is 1.73. The second kappa shape index (κ2) is 9.75. The third-order valence-corrected chi connectivity index (χ3v) is 0.692. The largest absolute Gasteiger partial charge is 0.456 e. The second-order valence-corrected chi connectivity index (χ2v) is 1.73. The summed E-state index contributed by atoms with van der Waals surface area (Å²) in [6.45, 7) is 2.62. The highest BCUT2D eigenvalue weighted by Crippen LogP contribution is 2.35. The van der Waals surface area contributed by atoms with E-state index in [-0.39, 0.29) is 0 Å². The van der Waals surface area contributed by atoms with Crippen LogP contribution in [0.3, 0.4) is 0 Å². The molecule has 0 saturated carbocycles. The van der Waals surface area contributed by atoms with Crippen LogP contribution in [0.4, 0.5) is 30.7 Å². The predicted molar refractivity (Wildman–Crippen MR) is 41.2 cm³/mol. The summed E-state index contributed by atoms with van der Waals surface area (Å²) in [5.74, 6) is -5.19. The summed E-state index contributed by atoms with van der Waals surface area (Å²) < 4.78 is 80.0. The first-order chi connectivity index (χ1) is 6.72. The Morgan fingerprint density at radius 3 is 1.27 bits per heavy atom. The molecule has 94 valence electrons. The molecule has 0 heterocycles. The Kier molecular flexibility index (Phi) is 12.8.